The molecule has 5 rings (SSSR count). The lowest BCUT2D eigenvalue weighted by atomic mass is 9.89. The Morgan fingerprint density at radius 1 is 1.00 bits per heavy atom. The van der Waals surface area contributed by atoms with Crippen LogP contribution in [0.1, 0.15) is 59.1 Å². The summed E-state index contributed by atoms with van der Waals surface area (Å²) in [6, 6.07) is 12.4. The summed E-state index contributed by atoms with van der Waals surface area (Å²) in [4.78, 5) is 50.4. The van der Waals surface area contributed by atoms with Crippen LogP contribution >= 0.6 is 0 Å². The van der Waals surface area contributed by atoms with Crippen molar-refractivity contribution in [2.45, 2.75) is 44.2 Å². The molecular formula is C26H28N4O5. The molecule has 2 fully saturated rings. The van der Waals surface area contributed by atoms with Crippen molar-refractivity contribution in [1.29, 1.82) is 0 Å². The number of hydrogen-bond acceptors (Lipinski definition) is 5. The van der Waals surface area contributed by atoms with E-state index in [9.17, 15) is 19.2 Å². The van der Waals surface area contributed by atoms with E-state index < -0.39 is 17.9 Å². The highest BCUT2D eigenvalue weighted by Gasteiger charge is 2.31. The number of rotatable bonds is 5. The van der Waals surface area contributed by atoms with Gasteiger partial charge in [0.05, 0.1) is 16.6 Å². The number of hydrogen-bond donors (Lipinski definition) is 2. The molecule has 2 N–H and O–H groups in total. The van der Waals surface area contributed by atoms with Gasteiger partial charge in [-0.2, -0.15) is 0 Å². The van der Waals surface area contributed by atoms with Crippen LogP contribution in [0.15, 0.2) is 47.3 Å². The van der Waals surface area contributed by atoms with E-state index in [0.29, 0.717) is 23.4 Å². The lowest BCUT2D eigenvalue weighted by Gasteiger charge is -2.32. The summed E-state index contributed by atoms with van der Waals surface area (Å²) >= 11 is 0. The number of aryl methyl sites for hydroxylation is 1. The minimum Gasteiger partial charge on any atom is -0.478 e. The fraction of sp³-hybridized carbons (Fsp3) is 0.385. The van der Waals surface area contributed by atoms with Gasteiger partial charge in [-0.05, 0) is 73.7 Å². The van der Waals surface area contributed by atoms with E-state index in [0.717, 1.165) is 43.6 Å². The van der Waals surface area contributed by atoms with Crippen LogP contribution in [0.2, 0.25) is 0 Å². The number of benzene rings is 2. The van der Waals surface area contributed by atoms with E-state index in [1.54, 1.807) is 23.7 Å². The number of nitrogens with one attached hydrogen (secondary N) is 1. The molecule has 182 valence electrons. The Morgan fingerprint density at radius 3 is 2.37 bits per heavy atom. The second kappa shape index (κ2) is 9.14. The summed E-state index contributed by atoms with van der Waals surface area (Å²) in [5, 5.41) is 11.4. The summed E-state index contributed by atoms with van der Waals surface area (Å²) in [6.07, 6.45) is 2.52. The number of carboxylic acid groups (broad SMARTS) is 1. The van der Waals surface area contributed by atoms with E-state index in [2.05, 4.69) is 22.3 Å². The van der Waals surface area contributed by atoms with Gasteiger partial charge in [-0.1, -0.05) is 18.2 Å². The summed E-state index contributed by atoms with van der Waals surface area (Å²) < 4.78 is 3.09. The van der Waals surface area contributed by atoms with Gasteiger partial charge < -0.3 is 5.11 Å². The van der Waals surface area contributed by atoms with E-state index >= 15 is 0 Å². The number of carbonyl (C=O) groups is 3. The van der Waals surface area contributed by atoms with Crippen molar-refractivity contribution in [3.63, 3.8) is 0 Å². The highest BCUT2D eigenvalue weighted by Crippen LogP contribution is 2.31. The molecule has 9 heteroatoms. The summed E-state index contributed by atoms with van der Waals surface area (Å²) in [5.41, 5.74) is 3.81. The second-order valence-corrected chi connectivity index (χ2v) is 9.48. The normalized spacial score (nSPS) is 19.7. The third-order valence-corrected chi connectivity index (χ3v) is 7.30. The average molecular weight is 477 g/mol. The van der Waals surface area contributed by atoms with Gasteiger partial charge in [-0.3, -0.25) is 28.9 Å². The number of aromatic carboxylic acids is 1. The number of imidazole rings is 1. The molecule has 2 saturated heterocycles. The molecule has 2 aromatic carbocycles. The standard InChI is InChI=1S/C26H28N4O5/c1-28-22-14-19(6-7-20(22)30(26(28)35)21-8-9-23(31)27-24(21)32)17-10-12-29(13-11-17)15-16-2-4-18(5-3-16)25(33)34/h2-7,14,17,21H,8-13,15H2,1H3,(H,33,34)(H,27,31,32). The Bertz CT molecular complexity index is 1360. The minimum absolute atomic E-state index is 0.222. The third kappa shape index (κ3) is 4.39. The Labute approximate surface area is 202 Å². The molecule has 1 aromatic heterocycles. The maximum Gasteiger partial charge on any atom is 0.335 e. The zero-order chi connectivity index (χ0) is 24.7. The topological polar surface area (TPSA) is 114 Å². The SMILES string of the molecule is Cn1c(=O)n(C2CCC(=O)NC2=O)c2ccc(C3CCN(Cc4ccc(C(=O)O)cc4)CC3)cc21. The quantitative estimate of drug-likeness (QED) is 0.547. The molecule has 0 bridgehead atoms. The number of piperidine rings is 2. The zero-order valence-electron chi connectivity index (χ0n) is 19.6. The Hall–Kier alpha value is -3.72. The first-order valence-electron chi connectivity index (χ1n) is 11.9. The van der Waals surface area contributed by atoms with Crippen LogP contribution in [0.5, 0.6) is 0 Å². The molecule has 2 aliphatic heterocycles. The zero-order valence-corrected chi connectivity index (χ0v) is 19.6. The fourth-order valence-corrected chi connectivity index (χ4v) is 5.30. The van der Waals surface area contributed by atoms with Gasteiger partial charge in [0.25, 0.3) is 0 Å². The largest absolute Gasteiger partial charge is 0.478 e. The lowest BCUT2D eigenvalue weighted by Crippen LogP contribution is -2.44. The first-order chi connectivity index (χ1) is 16.8. The van der Waals surface area contributed by atoms with Gasteiger partial charge in [0.15, 0.2) is 0 Å². The van der Waals surface area contributed by atoms with E-state index in [1.165, 1.54) is 10.1 Å². The molecule has 35 heavy (non-hydrogen) atoms. The van der Waals surface area contributed by atoms with Crippen molar-refractivity contribution in [3.8, 4) is 0 Å². The second-order valence-electron chi connectivity index (χ2n) is 9.48. The summed E-state index contributed by atoms with van der Waals surface area (Å²) in [7, 11) is 1.72. The van der Waals surface area contributed by atoms with Crippen molar-refractivity contribution in [2.75, 3.05) is 13.1 Å². The molecule has 0 spiro atoms. The maximum absolute atomic E-state index is 13.0. The molecule has 0 saturated carbocycles. The number of nitrogens with zero attached hydrogens (tertiary/aromatic N) is 3. The monoisotopic (exact) mass is 476 g/mol. The number of amides is 2. The number of fused-ring (bicyclic) bond motifs is 1. The van der Waals surface area contributed by atoms with Crippen molar-refractivity contribution in [2.24, 2.45) is 7.05 Å². The summed E-state index contributed by atoms with van der Waals surface area (Å²) in [6.45, 7) is 2.65. The van der Waals surface area contributed by atoms with E-state index in [-0.39, 0.29) is 18.0 Å². The molecule has 1 unspecified atom stereocenters. The number of imide groups is 1. The van der Waals surface area contributed by atoms with Crippen LogP contribution in [0.4, 0.5) is 0 Å². The molecule has 3 aromatic rings. The van der Waals surface area contributed by atoms with Gasteiger partial charge in [-0.25, -0.2) is 9.59 Å². The van der Waals surface area contributed by atoms with Gasteiger partial charge in [0, 0.05) is 20.0 Å². The van der Waals surface area contributed by atoms with Crippen LogP contribution in [-0.2, 0) is 23.2 Å². The summed E-state index contributed by atoms with van der Waals surface area (Å²) in [5.74, 6) is -1.27. The van der Waals surface area contributed by atoms with Gasteiger partial charge in [0.2, 0.25) is 11.8 Å². The maximum atomic E-state index is 13.0. The van der Waals surface area contributed by atoms with Crippen LogP contribution in [0, 0.1) is 0 Å². The molecule has 3 heterocycles. The average Bonchev–Trinajstić information content (AvgIpc) is 3.09. The van der Waals surface area contributed by atoms with E-state index in [1.807, 2.05) is 18.2 Å². The molecule has 0 aliphatic carbocycles. The molecule has 0 radical (unpaired) electrons. The highest BCUT2D eigenvalue weighted by atomic mass is 16.4. The predicted molar refractivity (Wildman–Crippen MR) is 129 cm³/mol. The molecular weight excluding hydrogens is 448 g/mol. The van der Waals surface area contributed by atoms with E-state index in [4.69, 9.17) is 5.11 Å². The van der Waals surface area contributed by atoms with Gasteiger partial charge in [-0.15, -0.1) is 0 Å². The van der Waals surface area contributed by atoms with Crippen LogP contribution in [-0.4, -0.2) is 50.0 Å². The van der Waals surface area contributed by atoms with Crippen LogP contribution in [0.3, 0.4) is 0 Å². The number of likely N-dealkylation sites (tertiary alicyclic amines) is 1. The van der Waals surface area contributed by atoms with Gasteiger partial charge >= 0.3 is 11.7 Å². The first kappa shape index (κ1) is 23.0. The minimum atomic E-state index is -0.917. The van der Waals surface area contributed by atoms with Crippen LogP contribution in [0.25, 0.3) is 11.0 Å². The highest BCUT2D eigenvalue weighted by molar-refractivity contribution is 6.00. The number of carboxylic acids is 1. The number of carbonyl (C=O) groups excluding carboxylic acids is 2. The Kier molecular flexibility index (Phi) is 6.02. The lowest BCUT2D eigenvalue weighted by molar-refractivity contribution is -0.135. The van der Waals surface area contributed by atoms with Gasteiger partial charge in [0.1, 0.15) is 6.04 Å². The van der Waals surface area contributed by atoms with Crippen molar-refractivity contribution in [1.82, 2.24) is 19.4 Å². The van der Waals surface area contributed by atoms with Crippen molar-refractivity contribution >= 4 is 28.8 Å². The molecule has 1 atom stereocenters. The predicted octanol–water partition coefficient (Wildman–Crippen LogP) is 2.40. The molecule has 2 amide bonds. The smallest absolute Gasteiger partial charge is 0.335 e. The Balaban J connectivity index is 1.30. The molecule has 9 nitrogen and oxygen atoms in total. The van der Waals surface area contributed by atoms with Crippen molar-refractivity contribution in [3.05, 3.63) is 69.6 Å². The van der Waals surface area contributed by atoms with Crippen LogP contribution < -0.4 is 11.0 Å². The van der Waals surface area contributed by atoms with Crippen molar-refractivity contribution < 1.29 is 19.5 Å². The molecule has 2 aliphatic rings. The Morgan fingerprint density at radius 2 is 1.71 bits per heavy atom. The fourth-order valence-electron chi connectivity index (χ4n) is 5.30. The third-order valence-electron chi connectivity index (χ3n) is 7.30. The number of aromatic nitrogens is 2. The first-order valence-corrected chi connectivity index (χ1v) is 11.9.